The fraction of sp³-hybridized carbons (Fsp3) is 0.963. The summed E-state index contributed by atoms with van der Waals surface area (Å²) in [5.74, 6) is -0.974. The summed E-state index contributed by atoms with van der Waals surface area (Å²) < 4.78 is 17.5. The summed E-state index contributed by atoms with van der Waals surface area (Å²) in [6, 6.07) is 0. The summed E-state index contributed by atoms with van der Waals surface area (Å²) in [6.07, 6.45) is 25.6. The lowest BCUT2D eigenvalue weighted by Gasteiger charge is -2.36. The topological polar surface area (TPSA) is 44.8 Å². The Kier molecular flexibility index (Phi) is 18.6. The molecule has 0 aromatic rings. The number of rotatable bonds is 22. The van der Waals surface area contributed by atoms with Gasteiger partial charge in [-0.3, -0.25) is 4.79 Å². The molecule has 0 spiro atoms. The number of ether oxygens (including phenoxy) is 3. The highest BCUT2D eigenvalue weighted by molar-refractivity contribution is 5.81. The fourth-order valence-electron chi connectivity index (χ4n) is 4.23. The van der Waals surface area contributed by atoms with Crippen molar-refractivity contribution in [3.05, 3.63) is 0 Å². The Labute approximate surface area is 193 Å². The Morgan fingerprint density at radius 2 is 1.00 bits per heavy atom. The predicted octanol–water partition coefficient (Wildman–Crippen LogP) is 8.11. The summed E-state index contributed by atoms with van der Waals surface area (Å²) >= 11 is 0. The molecule has 1 heterocycles. The molecule has 0 unspecified atom stereocenters. The van der Waals surface area contributed by atoms with Gasteiger partial charge in [0.2, 0.25) is 0 Å². The fourth-order valence-corrected chi connectivity index (χ4v) is 4.23. The van der Waals surface area contributed by atoms with Gasteiger partial charge < -0.3 is 14.2 Å². The average Bonchev–Trinajstić information content (AvgIpc) is 2.78. The van der Waals surface area contributed by atoms with Crippen molar-refractivity contribution in [1.29, 1.82) is 0 Å². The molecular weight excluding hydrogens is 388 g/mol. The minimum Gasteiger partial charge on any atom is -0.327 e. The lowest BCUT2D eigenvalue weighted by molar-refractivity contribution is -0.389. The highest BCUT2D eigenvalue weighted by atomic mass is 16.9. The van der Waals surface area contributed by atoms with Gasteiger partial charge in [0, 0.05) is 6.42 Å². The Morgan fingerprint density at radius 1 is 0.613 bits per heavy atom. The molecule has 1 aliphatic heterocycles. The van der Waals surface area contributed by atoms with E-state index in [1.54, 1.807) is 0 Å². The van der Waals surface area contributed by atoms with E-state index < -0.39 is 5.97 Å². The maximum atomic E-state index is 11.5. The zero-order valence-corrected chi connectivity index (χ0v) is 20.9. The van der Waals surface area contributed by atoms with E-state index >= 15 is 0 Å². The van der Waals surface area contributed by atoms with Crippen LogP contribution < -0.4 is 0 Å². The van der Waals surface area contributed by atoms with Gasteiger partial charge in [-0.15, -0.1) is 0 Å². The predicted molar refractivity (Wildman–Crippen MR) is 129 cm³/mol. The smallest absolute Gasteiger partial charge is 0.283 e. The molecule has 0 saturated carbocycles. The second kappa shape index (κ2) is 20.2. The van der Waals surface area contributed by atoms with E-state index in [-0.39, 0.29) is 19.0 Å². The maximum absolute atomic E-state index is 11.5. The second-order valence-electron chi connectivity index (χ2n) is 9.41. The number of carbonyl (C=O) groups excluding carboxylic acids is 1. The first-order chi connectivity index (χ1) is 15.2. The summed E-state index contributed by atoms with van der Waals surface area (Å²) in [5.41, 5.74) is 0. The number of hydrogen-bond acceptors (Lipinski definition) is 4. The van der Waals surface area contributed by atoms with Crippen molar-refractivity contribution in [2.45, 2.75) is 148 Å². The normalized spacial score (nSPS) is 16.1. The Balaban J connectivity index is 1.98. The van der Waals surface area contributed by atoms with E-state index in [9.17, 15) is 4.79 Å². The molecule has 31 heavy (non-hydrogen) atoms. The summed E-state index contributed by atoms with van der Waals surface area (Å²) in [7, 11) is 0. The Bertz CT molecular complexity index is 400. The Hall–Kier alpha value is -0.450. The first-order valence-electron chi connectivity index (χ1n) is 13.7. The van der Waals surface area contributed by atoms with Gasteiger partial charge in [-0.2, -0.15) is 0 Å². The monoisotopic (exact) mass is 440 g/mol. The molecule has 4 heteroatoms. The number of unbranched alkanes of at least 4 members (excludes halogenated alkanes) is 17. The van der Waals surface area contributed by atoms with Gasteiger partial charge in [-0.1, -0.05) is 123 Å². The summed E-state index contributed by atoms with van der Waals surface area (Å²) in [6.45, 7) is 5.39. The van der Waals surface area contributed by atoms with E-state index in [2.05, 4.69) is 13.8 Å². The SMILES string of the molecule is CCCCCCCCCCCCCCCCOC1(CCCCCCC)OCC(=O)CO1. The Morgan fingerprint density at radius 3 is 1.45 bits per heavy atom. The van der Waals surface area contributed by atoms with E-state index in [0.717, 1.165) is 19.3 Å². The molecule has 0 atom stereocenters. The van der Waals surface area contributed by atoms with Crippen molar-refractivity contribution in [2.24, 2.45) is 0 Å². The third kappa shape index (κ3) is 15.9. The minimum absolute atomic E-state index is 0.00158. The van der Waals surface area contributed by atoms with Gasteiger partial charge in [0.25, 0.3) is 5.97 Å². The zero-order valence-electron chi connectivity index (χ0n) is 20.9. The molecule has 0 aromatic carbocycles. The van der Waals surface area contributed by atoms with Gasteiger partial charge in [-0.05, 0) is 12.8 Å². The van der Waals surface area contributed by atoms with Crippen LogP contribution >= 0.6 is 0 Å². The van der Waals surface area contributed by atoms with Crippen LogP contribution in [0.2, 0.25) is 0 Å². The first kappa shape index (κ1) is 28.6. The van der Waals surface area contributed by atoms with Crippen LogP contribution in [0.15, 0.2) is 0 Å². The van der Waals surface area contributed by atoms with Crippen LogP contribution in [0.3, 0.4) is 0 Å². The van der Waals surface area contributed by atoms with Crippen molar-refractivity contribution in [2.75, 3.05) is 19.8 Å². The molecule has 0 bridgehead atoms. The minimum atomic E-state index is -0.976. The van der Waals surface area contributed by atoms with Crippen molar-refractivity contribution < 1.29 is 19.0 Å². The molecule has 1 fully saturated rings. The second-order valence-corrected chi connectivity index (χ2v) is 9.41. The quantitative estimate of drug-likeness (QED) is 0.159. The number of hydrogen-bond donors (Lipinski definition) is 0. The lowest BCUT2D eigenvalue weighted by Crippen LogP contribution is -2.47. The molecular formula is C27H52O4. The van der Waals surface area contributed by atoms with Crippen molar-refractivity contribution in [3.63, 3.8) is 0 Å². The van der Waals surface area contributed by atoms with E-state index in [1.165, 1.54) is 109 Å². The first-order valence-corrected chi connectivity index (χ1v) is 13.7. The summed E-state index contributed by atoms with van der Waals surface area (Å²) in [5, 5.41) is 0. The van der Waals surface area contributed by atoms with Gasteiger partial charge in [0.1, 0.15) is 13.2 Å². The van der Waals surface area contributed by atoms with Crippen molar-refractivity contribution in [1.82, 2.24) is 0 Å². The molecule has 4 nitrogen and oxygen atoms in total. The molecule has 0 N–H and O–H groups in total. The largest absolute Gasteiger partial charge is 0.327 e. The van der Waals surface area contributed by atoms with Crippen molar-refractivity contribution in [3.8, 4) is 0 Å². The molecule has 0 aromatic heterocycles. The van der Waals surface area contributed by atoms with Gasteiger partial charge in [0.15, 0.2) is 5.78 Å². The molecule has 1 aliphatic rings. The van der Waals surface area contributed by atoms with Crippen LogP contribution in [0, 0.1) is 0 Å². The van der Waals surface area contributed by atoms with Gasteiger partial charge in [0.05, 0.1) is 6.61 Å². The van der Waals surface area contributed by atoms with E-state index in [1.807, 2.05) is 0 Å². The molecule has 0 amide bonds. The van der Waals surface area contributed by atoms with Gasteiger partial charge >= 0.3 is 0 Å². The van der Waals surface area contributed by atoms with Crippen LogP contribution in [0.5, 0.6) is 0 Å². The van der Waals surface area contributed by atoms with Crippen LogP contribution in [-0.2, 0) is 19.0 Å². The molecule has 0 aliphatic carbocycles. The molecule has 184 valence electrons. The third-order valence-electron chi connectivity index (χ3n) is 6.31. The van der Waals surface area contributed by atoms with Crippen molar-refractivity contribution >= 4 is 5.78 Å². The lowest BCUT2D eigenvalue weighted by atomic mass is 10.0. The molecule has 1 rings (SSSR count). The van der Waals surface area contributed by atoms with Crippen LogP contribution in [-0.4, -0.2) is 31.6 Å². The summed E-state index contributed by atoms with van der Waals surface area (Å²) in [4.78, 5) is 11.5. The highest BCUT2D eigenvalue weighted by Crippen LogP contribution is 2.27. The number of Topliss-reactive ketones (excluding diaryl/α,β-unsaturated/α-hetero) is 1. The van der Waals surface area contributed by atoms with E-state index in [0.29, 0.717) is 6.61 Å². The highest BCUT2D eigenvalue weighted by Gasteiger charge is 2.37. The molecule has 1 saturated heterocycles. The maximum Gasteiger partial charge on any atom is 0.283 e. The van der Waals surface area contributed by atoms with E-state index in [4.69, 9.17) is 14.2 Å². The molecule has 0 radical (unpaired) electrons. The zero-order chi connectivity index (χ0) is 22.5. The van der Waals surface area contributed by atoms with Crippen LogP contribution in [0.4, 0.5) is 0 Å². The third-order valence-corrected chi connectivity index (χ3v) is 6.31. The standard InChI is InChI=1S/C27H52O4/c1-3-5-7-9-10-11-12-13-14-15-16-17-19-21-23-29-27(22-20-18-8-6-4-2)30-24-26(28)25-31-27/h3-25H2,1-2H3. The average molecular weight is 441 g/mol. The number of ketones is 1. The van der Waals surface area contributed by atoms with Crippen LogP contribution in [0.25, 0.3) is 0 Å². The van der Waals surface area contributed by atoms with Gasteiger partial charge in [-0.25, -0.2) is 0 Å². The number of carbonyl (C=O) groups is 1. The van der Waals surface area contributed by atoms with Crippen LogP contribution in [0.1, 0.15) is 142 Å².